The molecule has 3 aromatic rings. The quantitative estimate of drug-likeness (QED) is 0.598. The summed E-state index contributed by atoms with van der Waals surface area (Å²) in [6.07, 6.45) is -3.76. The third kappa shape index (κ3) is 5.17. The van der Waals surface area contributed by atoms with Crippen LogP contribution in [-0.4, -0.2) is 16.1 Å². The summed E-state index contributed by atoms with van der Waals surface area (Å²) in [5, 5.41) is 0. The maximum Gasteiger partial charge on any atom is 0.416 e. The fourth-order valence-electron chi connectivity index (χ4n) is 3.37. The predicted octanol–water partition coefficient (Wildman–Crippen LogP) is 3.60. The minimum Gasteiger partial charge on any atom is -0.383 e. The molecular formula is C22H23F3N4O2. The Bertz CT molecular complexity index is 1140. The van der Waals surface area contributed by atoms with E-state index in [0.717, 1.165) is 17.7 Å². The molecule has 31 heavy (non-hydrogen) atoms. The monoisotopic (exact) mass is 432 g/mol. The molecule has 0 aliphatic rings. The van der Waals surface area contributed by atoms with Gasteiger partial charge in [-0.05, 0) is 29.7 Å². The van der Waals surface area contributed by atoms with Crippen molar-refractivity contribution < 1.29 is 13.2 Å². The minimum atomic E-state index is -4.42. The van der Waals surface area contributed by atoms with Crippen LogP contribution in [0.15, 0.2) is 64.2 Å². The molecule has 1 heterocycles. The maximum absolute atomic E-state index is 12.8. The van der Waals surface area contributed by atoms with Gasteiger partial charge in [0, 0.05) is 13.1 Å². The lowest BCUT2D eigenvalue weighted by atomic mass is 10.1. The van der Waals surface area contributed by atoms with Crippen molar-refractivity contribution in [2.75, 3.05) is 17.2 Å². The summed E-state index contributed by atoms with van der Waals surface area (Å²) in [5.41, 5.74) is 5.79. The molecule has 0 aliphatic heterocycles. The van der Waals surface area contributed by atoms with Crippen molar-refractivity contribution in [3.63, 3.8) is 0 Å². The standard InChI is InChI=1S/C22H23F3N4O2/c1-2-12-28(13-16-8-10-17(11-9-16)22(23,24)25)18-19(26)29(21(31)27-20(18)30)14-15-6-4-3-5-7-15/h3-11H,2,12-14,26H2,1H3,(H,27,30,31). The molecule has 0 saturated carbocycles. The van der Waals surface area contributed by atoms with Crippen molar-refractivity contribution in [2.24, 2.45) is 0 Å². The van der Waals surface area contributed by atoms with E-state index in [0.29, 0.717) is 18.5 Å². The van der Waals surface area contributed by atoms with Gasteiger partial charge in [-0.15, -0.1) is 0 Å². The van der Waals surface area contributed by atoms with E-state index in [4.69, 9.17) is 5.73 Å². The summed E-state index contributed by atoms with van der Waals surface area (Å²) in [5.74, 6) is 0.0120. The molecule has 0 bridgehead atoms. The van der Waals surface area contributed by atoms with Gasteiger partial charge < -0.3 is 10.6 Å². The summed E-state index contributed by atoms with van der Waals surface area (Å²) in [6.45, 7) is 2.68. The number of rotatable bonds is 7. The number of nitrogens with two attached hydrogens (primary N) is 1. The predicted molar refractivity (Wildman–Crippen MR) is 114 cm³/mol. The molecule has 0 fully saturated rings. The second-order valence-electron chi connectivity index (χ2n) is 7.18. The van der Waals surface area contributed by atoms with Crippen molar-refractivity contribution in [3.8, 4) is 0 Å². The number of hydrogen-bond acceptors (Lipinski definition) is 4. The number of anilines is 2. The third-order valence-electron chi connectivity index (χ3n) is 4.86. The number of aromatic nitrogens is 2. The van der Waals surface area contributed by atoms with Gasteiger partial charge in [0.25, 0.3) is 5.56 Å². The highest BCUT2D eigenvalue weighted by Crippen LogP contribution is 2.29. The van der Waals surface area contributed by atoms with Crippen molar-refractivity contribution >= 4 is 11.5 Å². The average molecular weight is 432 g/mol. The topological polar surface area (TPSA) is 84.1 Å². The smallest absolute Gasteiger partial charge is 0.383 e. The van der Waals surface area contributed by atoms with Gasteiger partial charge in [0.15, 0.2) is 0 Å². The molecule has 0 unspecified atom stereocenters. The highest BCUT2D eigenvalue weighted by molar-refractivity contribution is 5.62. The maximum atomic E-state index is 12.8. The average Bonchev–Trinajstić information content (AvgIpc) is 2.71. The number of hydrogen-bond donors (Lipinski definition) is 2. The molecule has 0 aliphatic carbocycles. The number of nitrogen functional groups attached to an aromatic ring is 1. The molecule has 1 aromatic heterocycles. The molecule has 0 saturated heterocycles. The summed E-state index contributed by atoms with van der Waals surface area (Å²) >= 11 is 0. The van der Waals surface area contributed by atoms with Gasteiger partial charge in [-0.2, -0.15) is 13.2 Å². The highest BCUT2D eigenvalue weighted by Gasteiger charge is 2.30. The van der Waals surface area contributed by atoms with Crippen LogP contribution in [0.3, 0.4) is 0 Å². The van der Waals surface area contributed by atoms with Gasteiger partial charge in [-0.1, -0.05) is 49.4 Å². The SMILES string of the molecule is CCCN(Cc1ccc(C(F)(F)F)cc1)c1c(N)n(Cc2ccccc2)c(=O)[nH]c1=O. The Morgan fingerprint density at radius 2 is 1.65 bits per heavy atom. The second kappa shape index (κ2) is 9.11. The number of aromatic amines is 1. The van der Waals surface area contributed by atoms with E-state index in [1.165, 1.54) is 16.7 Å². The Balaban J connectivity index is 1.98. The normalized spacial score (nSPS) is 11.5. The van der Waals surface area contributed by atoms with E-state index in [2.05, 4.69) is 4.98 Å². The van der Waals surface area contributed by atoms with E-state index in [1.54, 1.807) is 4.90 Å². The number of H-pyrrole nitrogens is 1. The Morgan fingerprint density at radius 3 is 2.23 bits per heavy atom. The van der Waals surface area contributed by atoms with Crippen molar-refractivity contribution in [2.45, 2.75) is 32.6 Å². The van der Waals surface area contributed by atoms with Gasteiger partial charge in [-0.25, -0.2) is 4.79 Å². The first-order chi connectivity index (χ1) is 14.7. The molecule has 0 spiro atoms. The van der Waals surface area contributed by atoms with Crippen LogP contribution >= 0.6 is 0 Å². The number of benzene rings is 2. The van der Waals surface area contributed by atoms with Crippen LogP contribution in [0.25, 0.3) is 0 Å². The van der Waals surface area contributed by atoms with Gasteiger partial charge in [0.1, 0.15) is 11.5 Å². The van der Waals surface area contributed by atoms with Crippen LogP contribution in [0.1, 0.15) is 30.0 Å². The zero-order valence-corrected chi connectivity index (χ0v) is 16.9. The number of alkyl halides is 3. The molecule has 164 valence electrons. The number of nitrogens with one attached hydrogen (secondary N) is 1. The number of halogens is 3. The Labute approximate surface area is 176 Å². The summed E-state index contributed by atoms with van der Waals surface area (Å²) in [6, 6.07) is 13.9. The largest absolute Gasteiger partial charge is 0.416 e. The molecular weight excluding hydrogens is 409 g/mol. The van der Waals surface area contributed by atoms with Crippen molar-refractivity contribution in [1.29, 1.82) is 0 Å². The van der Waals surface area contributed by atoms with E-state index >= 15 is 0 Å². The van der Waals surface area contributed by atoms with Crippen LogP contribution in [0.4, 0.5) is 24.7 Å². The zero-order chi connectivity index (χ0) is 22.6. The molecule has 0 radical (unpaired) electrons. The zero-order valence-electron chi connectivity index (χ0n) is 16.9. The molecule has 0 atom stereocenters. The summed E-state index contributed by atoms with van der Waals surface area (Å²) < 4.78 is 39.8. The molecule has 3 rings (SSSR count). The lowest BCUT2D eigenvalue weighted by Crippen LogP contribution is -2.38. The Hall–Kier alpha value is -3.49. The van der Waals surface area contributed by atoms with E-state index in [-0.39, 0.29) is 24.6 Å². The van der Waals surface area contributed by atoms with E-state index < -0.39 is 23.0 Å². The van der Waals surface area contributed by atoms with Crippen LogP contribution in [0, 0.1) is 0 Å². The van der Waals surface area contributed by atoms with Crippen molar-refractivity contribution in [1.82, 2.24) is 9.55 Å². The number of nitrogens with zero attached hydrogens (tertiary/aromatic N) is 2. The second-order valence-corrected chi connectivity index (χ2v) is 7.18. The molecule has 2 aromatic carbocycles. The molecule has 0 amide bonds. The van der Waals surface area contributed by atoms with Crippen LogP contribution in [0.5, 0.6) is 0 Å². The van der Waals surface area contributed by atoms with Gasteiger partial charge in [0.2, 0.25) is 0 Å². The summed E-state index contributed by atoms with van der Waals surface area (Å²) in [4.78, 5) is 29.0. The Morgan fingerprint density at radius 1 is 1.00 bits per heavy atom. The first kappa shape index (κ1) is 22.2. The molecule has 3 N–H and O–H groups in total. The van der Waals surface area contributed by atoms with Crippen LogP contribution in [-0.2, 0) is 19.3 Å². The Kier molecular flexibility index (Phi) is 6.53. The van der Waals surface area contributed by atoms with Gasteiger partial charge in [0.05, 0.1) is 12.1 Å². The van der Waals surface area contributed by atoms with E-state index in [9.17, 15) is 22.8 Å². The lowest BCUT2D eigenvalue weighted by Gasteiger charge is -2.26. The lowest BCUT2D eigenvalue weighted by molar-refractivity contribution is -0.137. The van der Waals surface area contributed by atoms with Gasteiger partial charge >= 0.3 is 11.9 Å². The first-order valence-corrected chi connectivity index (χ1v) is 9.78. The first-order valence-electron chi connectivity index (χ1n) is 9.78. The highest BCUT2D eigenvalue weighted by atomic mass is 19.4. The summed E-state index contributed by atoms with van der Waals surface area (Å²) in [7, 11) is 0. The van der Waals surface area contributed by atoms with Crippen LogP contribution < -0.4 is 21.9 Å². The van der Waals surface area contributed by atoms with Crippen LogP contribution in [0.2, 0.25) is 0 Å². The molecule has 6 nitrogen and oxygen atoms in total. The minimum absolute atomic E-state index is 0.0120. The van der Waals surface area contributed by atoms with Gasteiger partial charge in [-0.3, -0.25) is 14.3 Å². The fourth-order valence-corrected chi connectivity index (χ4v) is 3.37. The molecule has 9 heteroatoms. The fraction of sp³-hybridized carbons (Fsp3) is 0.273. The van der Waals surface area contributed by atoms with E-state index in [1.807, 2.05) is 37.3 Å². The van der Waals surface area contributed by atoms with Crippen molar-refractivity contribution in [3.05, 3.63) is 92.1 Å². The third-order valence-corrected chi connectivity index (χ3v) is 4.86.